The van der Waals surface area contributed by atoms with Gasteiger partial charge in [-0.15, -0.1) is 0 Å². The maximum atomic E-state index is 13.9. The van der Waals surface area contributed by atoms with E-state index in [1.54, 1.807) is 6.07 Å². The zero-order valence-corrected chi connectivity index (χ0v) is 13.8. The predicted molar refractivity (Wildman–Crippen MR) is 84.8 cm³/mol. The number of piperazine rings is 1. The molecule has 1 saturated heterocycles. The Kier molecular flexibility index (Phi) is 3.80. The highest BCUT2D eigenvalue weighted by Crippen LogP contribution is 2.36. The van der Waals surface area contributed by atoms with E-state index in [2.05, 4.69) is 40.0 Å². The second-order valence-corrected chi connectivity index (χ2v) is 7.25. The van der Waals surface area contributed by atoms with E-state index in [0.717, 1.165) is 24.3 Å². The van der Waals surface area contributed by atoms with Crippen molar-refractivity contribution in [3.8, 4) is 0 Å². The summed E-state index contributed by atoms with van der Waals surface area (Å²) in [5.74, 6) is -0.170. The predicted octanol–water partition coefficient (Wildman–Crippen LogP) is 4.01. The average molecular weight is 341 g/mol. The highest BCUT2D eigenvalue weighted by molar-refractivity contribution is 9.10. The Morgan fingerprint density at radius 1 is 1.35 bits per heavy atom. The van der Waals surface area contributed by atoms with Crippen molar-refractivity contribution in [2.75, 3.05) is 18.0 Å². The van der Waals surface area contributed by atoms with E-state index >= 15 is 0 Å². The fourth-order valence-electron chi connectivity index (χ4n) is 3.67. The van der Waals surface area contributed by atoms with Crippen LogP contribution in [0.3, 0.4) is 0 Å². The molecule has 1 spiro atoms. The lowest BCUT2D eigenvalue weighted by Crippen LogP contribution is -2.62. The Hall–Kier alpha value is -0.610. The summed E-state index contributed by atoms with van der Waals surface area (Å²) < 4.78 is 14.5. The van der Waals surface area contributed by atoms with Crippen LogP contribution in [0.4, 0.5) is 10.1 Å². The maximum absolute atomic E-state index is 13.9. The first-order valence-corrected chi connectivity index (χ1v) is 8.27. The minimum atomic E-state index is -0.170. The number of rotatable bonds is 1. The van der Waals surface area contributed by atoms with Gasteiger partial charge in [-0.25, -0.2) is 4.39 Å². The second-order valence-electron chi connectivity index (χ2n) is 6.40. The molecule has 0 aromatic heterocycles. The molecule has 110 valence electrons. The fraction of sp³-hybridized carbons (Fsp3) is 0.625. The first-order valence-electron chi connectivity index (χ1n) is 7.48. The van der Waals surface area contributed by atoms with Crippen molar-refractivity contribution in [1.29, 1.82) is 0 Å². The van der Waals surface area contributed by atoms with Gasteiger partial charge in [0.1, 0.15) is 5.82 Å². The van der Waals surface area contributed by atoms with Gasteiger partial charge in [0.25, 0.3) is 0 Å². The lowest BCUT2D eigenvalue weighted by molar-refractivity contribution is 0.276. The summed E-state index contributed by atoms with van der Waals surface area (Å²) in [6, 6.07) is 3.98. The Morgan fingerprint density at radius 3 is 2.75 bits per heavy atom. The van der Waals surface area contributed by atoms with E-state index in [4.69, 9.17) is 0 Å². The Bertz CT molecular complexity index is 511. The molecular formula is C16H22BrFN2. The molecule has 20 heavy (non-hydrogen) atoms. The molecule has 0 amide bonds. The van der Waals surface area contributed by atoms with Gasteiger partial charge in [-0.3, -0.25) is 0 Å². The van der Waals surface area contributed by atoms with E-state index < -0.39 is 0 Å². The smallest absolute Gasteiger partial charge is 0.139 e. The zero-order chi connectivity index (χ0) is 14.3. The molecule has 1 aliphatic heterocycles. The minimum absolute atomic E-state index is 0.170. The highest BCUT2D eigenvalue weighted by Gasteiger charge is 2.40. The molecular weight excluding hydrogens is 319 g/mol. The molecule has 1 aromatic rings. The molecule has 1 aromatic carbocycles. The van der Waals surface area contributed by atoms with Crippen molar-refractivity contribution in [2.24, 2.45) is 0 Å². The van der Waals surface area contributed by atoms with E-state index in [-0.39, 0.29) is 11.4 Å². The first-order chi connectivity index (χ1) is 9.51. The molecule has 1 N–H and O–H groups in total. The average Bonchev–Trinajstić information content (AvgIpc) is 2.86. The molecule has 3 rings (SSSR count). The summed E-state index contributed by atoms with van der Waals surface area (Å²) in [6.45, 7) is 6.26. The molecule has 0 radical (unpaired) electrons. The van der Waals surface area contributed by atoms with Crippen LogP contribution in [0, 0.1) is 12.7 Å². The number of nitrogens with zero attached hydrogens (tertiary/aromatic N) is 1. The number of halogens is 2. The van der Waals surface area contributed by atoms with Crippen LogP contribution in [0.1, 0.15) is 38.2 Å². The van der Waals surface area contributed by atoms with Crippen LogP contribution in [0.15, 0.2) is 16.6 Å². The van der Waals surface area contributed by atoms with Gasteiger partial charge in [0, 0.05) is 30.4 Å². The summed E-state index contributed by atoms with van der Waals surface area (Å²) in [5.41, 5.74) is 2.44. The van der Waals surface area contributed by atoms with Gasteiger partial charge in [-0.1, -0.05) is 12.8 Å². The summed E-state index contributed by atoms with van der Waals surface area (Å²) in [6.07, 6.45) is 5.11. The first kappa shape index (κ1) is 14.3. The summed E-state index contributed by atoms with van der Waals surface area (Å²) in [5, 5.41) is 3.74. The molecule has 2 aliphatic rings. The fourth-order valence-corrected chi connectivity index (χ4v) is 4.12. The lowest BCUT2D eigenvalue weighted by atomic mass is 9.92. The Balaban J connectivity index is 1.93. The van der Waals surface area contributed by atoms with Crippen LogP contribution >= 0.6 is 15.9 Å². The van der Waals surface area contributed by atoms with Crippen molar-refractivity contribution in [3.05, 3.63) is 28.0 Å². The summed E-state index contributed by atoms with van der Waals surface area (Å²) >= 11 is 3.27. The third-order valence-corrected chi connectivity index (χ3v) is 5.49. The van der Waals surface area contributed by atoms with Crippen molar-refractivity contribution in [1.82, 2.24) is 5.32 Å². The third-order valence-electron chi connectivity index (χ3n) is 4.89. The summed E-state index contributed by atoms with van der Waals surface area (Å²) in [7, 11) is 0. The molecule has 1 atom stereocenters. The monoisotopic (exact) mass is 340 g/mol. The van der Waals surface area contributed by atoms with Gasteiger partial charge in [-0.05, 0) is 60.3 Å². The van der Waals surface area contributed by atoms with Gasteiger partial charge in [0.2, 0.25) is 0 Å². The van der Waals surface area contributed by atoms with Crippen LogP contribution in [0.5, 0.6) is 0 Å². The third kappa shape index (κ3) is 2.48. The largest absolute Gasteiger partial charge is 0.365 e. The number of anilines is 1. The second kappa shape index (κ2) is 5.30. The van der Waals surface area contributed by atoms with Gasteiger partial charge >= 0.3 is 0 Å². The van der Waals surface area contributed by atoms with Crippen molar-refractivity contribution >= 4 is 21.6 Å². The molecule has 1 aliphatic carbocycles. The molecule has 0 bridgehead atoms. The van der Waals surface area contributed by atoms with Crippen LogP contribution in [0.2, 0.25) is 0 Å². The Labute approximate surface area is 128 Å². The van der Waals surface area contributed by atoms with Crippen molar-refractivity contribution < 1.29 is 4.39 Å². The quantitative estimate of drug-likeness (QED) is 0.830. The molecule has 1 saturated carbocycles. The van der Waals surface area contributed by atoms with Crippen molar-refractivity contribution in [3.63, 3.8) is 0 Å². The minimum Gasteiger partial charge on any atom is -0.365 e. The summed E-state index contributed by atoms with van der Waals surface area (Å²) in [4.78, 5) is 2.40. The molecule has 4 heteroatoms. The molecule has 1 heterocycles. The topological polar surface area (TPSA) is 15.3 Å². The van der Waals surface area contributed by atoms with Crippen molar-refractivity contribution in [2.45, 2.75) is 51.1 Å². The van der Waals surface area contributed by atoms with E-state index in [1.165, 1.54) is 25.7 Å². The van der Waals surface area contributed by atoms with Gasteiger partial charge in [0.05, 0.1) is 4.47 Å². The van der Waals surface area contributed by atoms with Crippen LogP contribution in [0.25, 0.3) is 0 Å². The van der Waals surface area contributed by atoms with Crippen LogP contribution in [-0.4, -0.2) is 24.7 Å². The molecule has 2 nitrogen and oxygen atoms in total. The number of aryl methyl sites for hydroxylation is 1. The number of nitrogens with one attached hydrogen (secondary N) is 1. The van der Waals surface area contributed by atoms with Gasteiger partial charge < -0.3 is 10.2 Å². The van der Waals surface area contributed by atoms with Gasteiger partial charge in [-0.2, -0.15) is 0 Å². The highest BCUT2D eigenvalue weighted by atomic mass is 79.9. The van der Waals surface area contributed by atoms with E-state index in [1.807, 2.05) is 6.07 Å². The number of hydrogen-bond donors (Lipinski definition) is 1. The lowest BCUT2D eigenvalue weighted by Gasteiger charge is -2.47. The maximum Gasteiger partial charge on any atom is 0.139 e. The van der Waals surface area contributed by atoms with Gasteiger partial charge in [0.15, 0.2) is 0 Å². The number of hydrogen-bond acceptors (Lipinski definition) is 2. The SMILES string of the molecule is Cc1cc(Br)c(F)cc1N1CC2(CCCC2)NCC1C. The van der Waals surface area contributed by atoms with Crippen LogP contribution < -0.4 is 10.2 Å². The van der Waals surface area contributed by atoms with E-state index in [9.17, 15) is 4.39 Å². The van der Waals surface area contributed by atoms with E-state index in [0.29, 0.717) is 10.5 Å². The molecule has 1 unspecified atom stereocenters. The molecule has 2 fully saturated rings. The zero-order valence-electron chi connectivity index (χ0n) is 12.2. The standard InChI is InChI=1S/C16H22BrFN2/c1-11-7-13(17)14(18)8-15(11)20-10-16(5-3-4-6-16)19-9-12(20)2/h7-8,12,19H,3-6,9-10H2,1-2H3. The van der Waals surface area contributed by atoms with Crippen LogP contribution in [-0.2, 0) is 0 Å². The normalized spacial score (nSPS) is 25.4. The number of benzene rings is 1. The Morgan fingerprint density at radius 2 is 2.05 bits per heavy atom.